The van der Waals surface area contributed by atoms with Gasteiger partial charge in [-0.3, -0.25) is 5.32 Å². The highest BCUT2D eigenvalue weighted by Gasteiger charge is 2.16. The first-order chi connectivity index (χ1) is 9.10. The molecule has 0 spiro atoms. The van der Waals surface area contributed by atoms with Gasteiger partial charge >= 0.3 is 0 Å². The maximum absolute atomic E-state index is 9.52. The molecule has 1 heterocycles. The van der Waals surface area contributed by atoms with Crippen molar-refractivity contribution in [2.75, 3.05) is 6.61 Å². The Bertz CT molecular complexity index is 521. The summed E-state index contributed by atoms with van der Waals surface area (Å²) in [6, 6.07) is 11.2. The summed E-state index contributed by atoms with van der Waals surface area (Å²) in [5.74, 6) is 1.75. The first-order valence-electron chi connectivity index (χ1n) is 6.29. The lowest BCUT2D eigenvalue weighted by atomic mass is 10.1. The fourth-order valence-corrected chi connectivity index (χ4v) is 2.15. The molecule has 19 heavy (non-hydrogen) atoms. The van der Waals surface area contributed by atoms with Crippen LogP contribution >= 0.6 is 11.6 Å². The van der Waals surface area contributed by atoms with Gasteiger partial charge in [0.15, 0.2) is 0 Å². The van der Waals surface area contributed by atoms with Crippen LogP contribution in [0.3, 0.4) is 0 Å². The lowest BCUT2D eigenvalue weighted by Gasteiger charge is -2.21. The Morgan fingerprint density at radius 1 is 1.21 bits per heavy atom. The summed E-state index contributed by atoms with van der Waals surface area (Å²) in [6.07, 6.45) is 0. The van der Waals surface area contributed by atoms with E-state index in [4.69, 9.17) is 16.0 Å². The van der Waals surface area contributed by atoms with Gasteiger partial charge in [-0.15, -0.1) is 0 Å². The molecule has 0 radical (unpaired) electrons. The SMILES string of the molecule is Cc1ccc([C@H](C)N[C@@H](CO)c2ccc(Cl)cc2)o1. The average Bonchev–Trinajstić information content (AvgIpc) is 2.84. The lowest BCUT2D eigenvalue weighted by Crippen LogP contribution is -2.27. The second-order valence-corrected chi connectivity index (χ2v) is 5.06. The van der Waals surface area contributed by atoms with E-state index in [1.54, 1.807) is 0 Å². The second-order valence-electron chi connectivity index (χ2n) is 4.62. The summed E-state index contributed by atoms with van der Waals surface area (Å²) >= 11 is 5.87. The van der Waals surface area contributed by atoms with Crippen LogP contribution in [0.2, 0.25) is 5.02 Å². The van der Waals surface area contributed by atoms with Crippen LogP contribution in [0.4, 0.5) is 0 Å². The van der Waals surface area contributed by atoms with Crippen molar-refractivity contribution in [3.05, 3.63) is 58.5 Å². The zero-order chi connectivity index (χ0) is 13.8. The van der Waals surface area contributed by atoms with Crippen LogP contribution in [-0.2, 0) is 0 Å². The molecular formula is C15H18ClNO2. The molecule has 0 amide bonds. The zero-order valence-corrected chi connectivity index (χ0v) is 11.8. The highest BCUT2D eigenvalue weighted by Crippen LogP contribution is 2.22. The third-order valence-corrected chi connectivity index (χ3v) is 3.35. The molecule has 0 aliphatic heterocycles. The van der Waals surface area contributed by atoms with Crippen molar-refractivity contribution in [3.8, 4) is 0 Å². The van der Waals surface area contributed by atoms with E-state index in [0.29, 0.717) is 5.02 Å². The number of aliphatic hydroxyl groups is 1. The fraction of sp³-hybridized carbons (Fsp3) is 0.333. The molecule has 2 aromatic rings. The minimum absolute atomic E-state index is 0.0195. The number of rotatable bonds is 5. The number of aliphatic hydroxyl groups excluding tert-OH is 1. The number of benzene rings is 1. The molecule has 2 N–H and O–H groups in total. The van der Waals surface area contributed by atoms with E-state index >= 15 is 0 Å². The van der Waals surface area contributed by atoms with Gasteiger partial charge in [0.25, 0.3) is 0 Å². The molecule has 2 rings (SSSR count). The van der Waals surface area contributed by atoms with E-state index in [1.807, 2.05) is 50.2 Å². The minimum atomic E-state index is -0.141. The van der Waals surface area contributed by atoms with Crippen molar-refractivity contribution in [1.29, 1.82) is 0 Å². The van der Waals surface area contributed by atoms with Crippen molar-refractivity contribution in [1.82, 2.24) is 5.32 Å². The van der Waals surface area contributed by atoms with Crippen LogP contribution in [0.25, 0.3) is 0 Å². The van der Waals surface area contributed by atoms with Gasteiger partial charge in [-0.05, 0) is 43.7 Å². The Balaban J connectivity index is 2.08. The number of nitrogens with one attached hydrogen (secondary N) is 1. The lowest BCUT2D eigenvalue weighted by molar-refractivity contribution is 0.230. The topological polar surface area (TPSA) is 45.4 Å². The molecule has 0 aliphatic carbocycles. The van der Waals surface area contributed by atoms with Crippen LogP contribution in [0.1, 0.15) is 36.1 Å². The maximum Gasteiger partial charge on any atom is 0.120 e. The van der Waals surface area contributed by atoms with Crippen molar-refractivity contribution >= 4 is 11.6 Å². The minimum Gasteiger partial charge on any atom is -0.465 e. The highest BCUT2D eigenvalue weighted by molar-refractivity contribution is 6.30. The van der Waals surface area contributed by atoms with Gasteiger partial charge in [0.1, 0.15) is 11.5 Å². The number of aryl methyl sites for hydroxylation is 1. The maximum atomic E-state index is 9.52. The molecule has 102 valence electrons. The zero-order valence-electron chi connectivity index (χ0n) is 11.1. The molecular weight excluding hydrogens is 262 g/mol. The van der Waals surface area contributed by atoms with E-state index in [9.17, 15) is 5.11 Å². The van der Waals surface area contributed by atoms with Gasteiger partial charge in [-0.25, -0.2) is 0 Å². The predicted molar refractivity (Wildman–Crippen MR) is 76.3 cm³/mol. The Labute approximate surface area is 118 Å². The third kappa shape index (κ3) is 3.60. The van der Waals surface area contributed by atoms with Gasteiger partial charge in [0.2, 0.25) is 0 Å². The quantitative estimate of drug-likeness (QED) is 0.878. The van der Waals surface area contributed by atoms with E-state index in [-0.39, 0.29) is 18.7 Å². The number of hydrogen-bond donors (Lipinski definition) is 2. The number of furan rings is 1. The van der Waals surface area contributed by atoms with Crippen LogP contribution in [0, 0.1) is 6.92 Å². The van der Waals surface area contributed by atoms with Gasteiger partial charge in [0.05, 0.1) is 18.7 Å². The van der Waals surface area contributed by atoms with Crippen LogP contribution in [-0.4, -0.2) is 11.7 Å². The summed E-state index contributed by atoms with van der Waals surface area (Å²) in [6.45, 7) is 3.95. The standard InChI is InChI=1S/C15H18ClNO2/c1-10-3-8-15(19-10)11(2)17-14(9-18)12-4-6-13(16)7-5-12/h3-8,11,14,17-18H,9H2,1-2H3/t11-,14-/m0/s1. The molecule has 1 aromatic heterocycles. The second kappa shape index (κ2) is 6.24. The summed E-state index contributed by atoms with van der Waals surface area (Å²) in [7, 11) is 0. The Hall–Kier alpha value is -1.29. The molecule has 0 saturated heterocycles. The summed E-state index contributed by atoms with van der Waals surface area (Å²) in [5, 5.41) is 13.6. The van der Waals surface area contributed by atoms with Gasteiger partial charge in [0, 0.05) is 5.02 Å². The molecule has 0 saturated carbocycles. The van der Waals surface area contributed by atoms with Crippen molar-refractivity contribution < 1.29 is 9.52 Å². The van der Waals surface area contributed by atoms with E-state index in [0.717, 1.165) is 17.1 Å². The molecule has 0 bridgehead atoms. The Kier molecular flexibility index (Phi) is 4.64. The van der Waals surface area contributed by atoms with Crippen LogP contribution in [0.15, 0.2) is 40.8 Å². The van der Waals surface area contributed by atoms with E-state index in [1.165, 1.54) is 0 Å². The third-order valence-electron chi connectivity index (χ3n) is 3.09. The summed E-state index contributed by atoms with van der Waals surface area (Å²) in [4.78, 5) is 0. The summed E-state index contributed by atoms with van der Waals surface area (Å²) in [5.41, 5.74) is 1.00. The van der Waals surface area contributed by atoms with Crippen LogP contribution < -0.4 is 5.32 Å². The molecule has 4 heteroatoms. The molecule has 0 unspecified atom stereocenters. The molecule has 0 aliphatic rings. The Morgan fingerprint density at radius 3 is 2.42 bits per heavy atom. The van der Waals surface area contributed by atoms with E-state index < -0.39 is 0 Å². The predicted octanol–water partition coefficient (Wildman–Crippen LogP) is 3.63. The van der Waals surface area contributed by atoms with Gasteiger partial charge in [-0.1, -0.05) is 23.7 Å². The van der Waals surface area contributed by atoms with Gasteiger partial charge in [-0.2, -0.15) is 0 Å². The number of halogens is 1. The first-order valence-corrected chi connectivity index (χ1v) is 6.66. The molecule has 3 nitrogen and oxygen atoms in total. The Morgan fingerprint density at radius 2 is 1.89 bits per heavy atom. The molecule has 0 fully saturated rings. The largest absolute Gasteiger partial charge is 0.465 e. The summed E-state index contributed by atoms with van der Waals surface area (Å²) < 4.78 is 5.58. The van der Waals surface area contributed by atoms with Crippen molar-refractivity contribution in [3.63, 3.8) is 0 Å². The monoisotopic (exact) mass is 279 g/mol. The van der Waals surface area contributed by atoms with Gasteiger partial charge < -0.3 is 9.52 Å². The molecule has 2 atom stereocenters. The van der Waals surface area contributed by atoms with Crippen molar-refractivity contribution in [2.24, 2.45) is 0 Å². The van der Waals surface area contributed by atoms with Crippen molar-refractivity contribution in [2.45, 2.75) is 25.9 Å². The van der Waals surface area contributed by atoms with Crippen LogP contribution in [0.5, 0.6) is 0 Å². The normalized spacial score (nSPS) is 14.3. The first kappa shape index (κ1) is 14.1. The van der Waals surface area contributed by atoms with E-state index in [2.05, 4.69) is 5.32 Å². The molecule has 1 aromatic carbocycles. The highest BCUT2D eigenvalue weighted by atomic mass is 35.5. The number of hydrogen-bond acceptors (Lipinski definition) is 3. The smallest absolute Gasteiger partial charge is 0.120 e. The average molecular weight is 280 g/mol. The fourth-order valence-electron chi connectivity index (χ4n) is 2.02.